The second kappa shape index (κ2) is 7.40. The zero-order valence-electron chi connectivity index (χ0n) is 10.2. The Labute approximate surface area is 101 Å². The summed E-state index contributed by atoms with van der Waals surface area (Å²) in [5, 5.41) is 14.8. The van der Waals surface area contributed by atoms with Gasteiger partial charge in [0.15, 0.2) is 0 Å². The quantitative estimate of drug-likeness (QED) is 0.349. The van der Waals surface area contributed by atoms with Crippen molar-refractivity contribution < 1.29 is 9.57 Å². The van der Waals surface area contributed by atoms with Crippen LogP contribution < -0.4 is 0 Å². The standard InChI is InChI=1S/C12H18N.NO3/c1-4-10-13(2,3)11-12-8-6-5-7-9-12;2-1(3)4/h4-9H,1,10-11H2,2-3H3;/q+1;-1. The van der Waals surface area contributed by atoms with E-state index >= 15 is 0 Å². The normalized spacial score (nSPS) is 10.0. The number of likely N-dealkylation sites (N-methyl/N-ethyl adjacent to an activating group) is 1. The number of rotatable bonds is 4. The summed E-state index contributed by atoms with van der Waals surface area (Å²) < 4.78 is 0.966. The Morgan fingerprint density at radius 1 is 1.29 bits per heavy atom. The molecule has 0 amide bonds. The Morgan fingerprint density at radius 3 is 2.18 bits per heavy atom. The molecule has 17 heavy (non-hydrogen) atoms. The lowest BCUT2D eigenvalue weighted by atomic mass is 10.2. The van der Waals surface area contributed by atoms with E-state index in [2.05, 4.69) is 51.0 Å². The molecule has 0 fully saturated rings. The van der Waals surface area contributed by atoms with Gasteiger partial charge in [0.2, 0.25) is 0 Å². The summed E-state index contributed by atoms with van der Waals surface area (Å²) in [6.45, 7) is 5.84. The van der Waals surface area contributed by atoms with Gasteiger partial charge in [0, 0.05) is 5.56 Å². The van der Waals surface area contributed by atoms with Crippen LogP contribution in [0.2, 0.25) is 0 Å². The Balaban J connectivity index is 0.000000557. The molecule has 0 unspecified atom stereocenters. The highest BCUT2D eigenvalue weighted by atomic mass is 16.9. The van der Waals surface area contributed by atoms with Crippen LogP contribution in [0.5, 0.6) is 0 Å². The van der Waals surface area contributed by atoms with Gasteiger partial charge < -0.3 is 19.8 Å². The molecule has 1 rings (SSSR count). The van der Waals surface area contributed by atoms with Crippen LogP contribution in [-0.4, -0.2) is 30.2 Å². The van der Waals surface area contributed by atoms with Crippen molar-refractivity contribution in [2.75, 3.05) is 20.6 Å². The molecule has 5 heteroatoms. The van der Waals surface area contributed by atoms with Crippen molar-refractivity contribution >= 4 is 0 Å². The molecule has 0 saturated heterocycles. The molecule has 0 saturated carbocycles. The van der Waals surface area contributed by atoms with Crippen LogP contribution in [-0.2, 0) is 6.54 Å². The van der Waals surface area contributed by atoms with Gasteiger partial charge in [-0.3, -0.25) is 0 Å². The van der Waals surface area contributed by atoms with Crippen molar-refractivity contribution in [2.45, 2.75) is 6.54 Å². The van der Waals surface area contributed by atoms with Gasteiger partial charge in [-0.25, -0.2) is 0 Å². The maximum atomic E-state index is 8.25. The van der Waals surface area contributed by atoms with Crippen LogP contribution in [0, 0.1) is 15.3 Å². The zero-order valence-corrected chi connectivity index (χ0v) is 10.2. The first-order chi connectivity index (χ1) is 7.87. The third kappa shape index (κ3) is 9.07. The molecule has 0 aromatic heterocycles. The first-order valence-corrected chi connectivity index (χ1v) is 5.16. The van der Waals surface area contributed by atoms with Gasteiger partial charge in [-0.15, -0.1) is 0 Å². The van der Waals surface area contributed by atoms with E-state index < -0.39 is 5.09 Å². The van der Waals surface area contributed by atoms with Gasteiger partial charge in [0.1, 0.15) is 6.54 Å². The summed E-state index contributed by atoms with van der Waals surface area (Å²) in [6.07, 6.45) is 1.98. The highest BCUT2D eigenvalue weighted by molar-refractivity contribution is 5.13. The van der Waals surface area contributed by atoms with E-state index in [9.17, 15) is 0 Å². The van der Waals surface area contributed by atoms with Crippen molar-refractivity contribution in [3.63, 3.8) is 0 Å². The summed E-state index contributed by atoms with van der Waals surface area (Å²) in [6, 6.07) is 10.6. The van der Waals surface area contributed by atoms with E-state index in [0.717, 1.165) is 17.6 Å². The molecular weight excluding hydrogens is 220 g/mol. The fourth-order valence-electron chi connectivity index (χ4n) is 1.49. The zero-order chi connectivity index (χ0) is 13.3. The molecule has 0 heterocycles. The Morgan fingerprint density at radius 2 is 1.76 bits per heavy atom. The predicted octanol–water partition coefficient (Wildman–Crippen LogP) is 2.21. The number of quaternary nitrogens is 1. The van der Waals surface area contributed by atoms with Crippen molar-refractivity contribution in [3.05, 3.63) is 63.9 Å². The lowest BCUT2D eigenvalue weighted by Gasteiger charge is -2.28. The van der Waals surface area contributed by atoms with E-state index in [1.807, 2.05) is 6.08 Å². The largest absolute Gasteiger partial charge is 0.356 e. The van der Waals surface area contributed by atoms with E-state index in [1.165, 1.54) is 5.56 Å². The molecular formula is C12H18N2O3. The van der Waals surface area contributed by atoms with Crippen LogP contribution in [0.15, 0.2) is 43.0 Å². The van der Waals surface area contributed by atoms with Crippen LogP contribution >= 0.6 is 0 Å². The second-order valence-electron chi connectivity index (χ2n) is 4.27. The van der Waals surface area contributed by atoms with Gasteiger partial charge in [-0.05, 0) is 6.08 Å². The van der Waals surface area contributed by atoms with Crippen molar-refractivity contribution in [1.82, 2.24) is 0 Å². The average Bonchev–Trinajstić information content (AvgIpc) is 2.17. The predicted molar refractivity (Wildman–Crippen MR) is 67.7 cm³/mol. The summed E-state index contributed by atoms with van der Waals surface area (Å²) >= 11 is 0. The molecule has 0 N–H and O–H groups in total. The smallest absolute Gasteiger partial charge is 0.104 e. The molecule has 0 spiro atoms. The van der Waals surface area contributed by atoms with E-state index in [-0.39, 0.29) is 0 Å². The minimum Gasteiger partial charge on any atom is -0.356 e. The minimum atomic E-state index is -1.75. The summed E-state index contributed by atoms with van der Waals surface area (Å²) in [5.74, 6) is 0. The Bertz CT molecular complexity index is 346. The molecule has 1 aromatic rings. The number of hydrogen-bond acceptors (Lipinski definition) is 3. The van der Waals surface area contributed by atoms with Crippen molar-refractivity contribution in [3.8, 4) is 0 Å². The second-order valence-corrected chi connectivity index (χ2v) is 4.27. The molecule has 94 valence electrons. The molecule has 0 atom stereocenters. The fourth-order valence-corrected chi connectivity index (χ4v) is 1.49. The lowest BCUT2D eigenvalue weighted by Crippen LogP contribution is -2.38. The molecule has 0 aliphatic rings. The Kier molecular flexibility index (Phi) is 6.58. The number of benzene rings is 1. The molecule has 5 nitrogen and oxygen atoms in total. The van der Waals surface area contributed by atoms with E-state index in [4.69, 9.17) is 15.3 Å². The molecule has 0 bridgehead atoms. The van der Waals surface area contributed by atoms with Crippen LogP contribution in [0.3, 0.4) is 0 Å². The Hall–Kier alpha value is -1.88. The molecule has 0 radical (unpaired) electrons. The van der Waals surface area contributed by atoms with Gasteiger partial charge >= 0.3 is 0 Å². The summed E-state index contributed by atoms with van der Waals surface area (Å²) in [7, 11) is 4.43. The van der Waals surface area contributed by atoms with Crippen LogP contribution in [0.1, 0.15) is 5.56 Å². The van der Waals surface area contributed by atoms with Gasteiger partial charge in [-0.2, -0.15) is 0 Å². The molecule has 0 aliphatic carbocycles. The topological polar surface area (TPSA) is 66.2 Å². The van der Waals surface area contributed by atoms with E-state index in [1.54, 1.807) is 0 Å². The van der Waals surface area contributed by atoms with Crippen molar-refractivity contribution in [1.29, 1.82) is 0 Å². The molecule has 0 aliphatic heterocycles. The number of hydrogen-bond donors (Lipinski definition) is 0. The van der Waals surface area contributed by atoms with Crippen LogP contribution in [0.4, 0.5) is 0 Å². The van der Waals surface area contributed by atoms with E-state index in [0.29, 0.717) is 0 Å². The first kappa shape index (κ1) is 15.1. The highest BCUT2D eigenvalue weighted by Gasteiger charge is 2.12. The summed E-state index contributed by atoms with van der Waals surface area (Å²) in [4.78, 5) is 8.25. The van der Waals surface area contributed by atoms with Gasteiger partial charge in [-0.1, -0.05) is 36.9 Å². The van der Waals surface area contributed by atoms with Crippen molar-refractivity contribution in [2.24, 2.45) is 0 Å². The molecule has 1 aromatic carbocycles. The minimum absolute atomic E-state index is 0.966. The monoisotopic (exact) mass is 238 g/mol. The van der Waals surface area contributed by atoms with Gasteiger partial charge in [0.05, 0.1) is 25.7 Å². The average molecular weight is 238 g/mol. The first-order valence-electron chi connectivity index (χ1n) is 5.16. The SMILES string of the molecule is C=CC[N+](C)(C)Cc1ccccc1.O=[N+]([O-])[O-]. The summed E-state index contributed by atoms with van der Waals surface area (Å²) in [5.41, 5.74) is 1.38. The third-order valence-corrected chi connectivity index (χ3v) is 2.08. The number of nitrogens with zero attached hydrogens (tertiary/aromatic N) is 2. The van der Waals surface area contributed by atoms with Crippen LogP contribution in [0.25, 0.3) is 0 Å². The lowest BCUT2D eigenvalue weighted by molar-refractivity contribution is -0.897. The highest BCUT2D eigenvalue weighted by Crippen LogP contribution is 2.08. The fraction of sp³-hybridized carbons (Fsp3) is 0.333. The maximum Gasteiger partial charge on any atom is 0.104 e. The van der Waals surface area contributed by atoms with Gasteiger partial charge in [0.25, 0.3) is 0 Å². The maximum absolute atomic E-state index is 8.25. The third-order valence-electron chi connectivity index (χ3n) is 2.08.